The SMILES string of the molecule is O=C(NCCCCCNc1cc(=O)c2ccccc2[nH]1)c1ccc(Cl)c(Cl)c1. The molecule has 146 valence electrons. The van der Waals surface area contributed by atoms with Crippen molar-refractivity contribution in [3.8, 4) is 0 Å². The number of hydrogen-bond donors (Lipinski definition) is 3. The highest BCUT2D eigenvalue weighted by molar-refractivity contribution is 6.42. The lowest BCUT2D eigenvalue weighted by Crippen LogP contribution is -2.24. The van der Waals surface area contributed by atoms with E-state index in [1.807, 2.05) is 24.3 Å². The number of carbonyl (C=O) groups excluding carboxylic acids is 1. The second kappa shape index (κ2) is 9.62. The van der Waals surface area contributed by atoms with Gasteiger partial charge >= 0.3 is 0 Å². The number of H-pyrrole nitrogens is 1. The summed E-state index contributed by atoms with van der Waals surface area (Å²) in [7, 11) is 0. The van der Waals surface area contributed by atoms with Crippen LogP contribution in [0.1, 0.15) is 29.6 Å². The minimum Gasteiger partial charge on any atom is -0.372 e. The van der Waals surface area contributed by atoms with Crippen molar-refractivity contribution in [2.24, 2.45) is 0 Å². The van der Waals surface area contributed by atoms with E-state index in [1.54, 1.807) is 24.3 Å². The van der Waals surface area contributed by atoms with Crippen LogP contribution < -0.4 is 16.1 Å². The molecule has 0 aliphatic carbocycles. The van der Waals surface area contributed by atoms with Crippen molar-refractivity contribution in [3.63, 3.8) is 0 Å². The average Bonchev–Trinajstić information content (AvgIpc) is 2.69. The molecular formula is C21H21Cl2N3O2. The van der Waals surface area contributed by atoms with Crippen LogP contribution in [0, 0.1) is 0 Å². The van der Waals surface area contributed by atoms with Crippen LogP contribution >= 0.6 is 23.2 Å². The quantitative estimate of drug-likeness (QED) is 0.458. The number of halogens is 2. The number of aromatic nitrogens is 1. The van der Waals surface area contributed by atoms with Gasteiger partial charge in [0.2, 0.25) is 0 Å². The summed E-state index contributed by atoms with van der Waals surface area (Å²) in [6.45, 7) is 1.33. The van der Waals surface area contributed by atoms with Crippen LogP contribution in [0.4, 0.5) is 5.82 Å². The number of amides is 1. The highest BCUT2D eigenvalue weighted by Crippen LogP contribution is 2.22. The number of anilines is 1. The number of para-hydroxylation sites is 1. The Kier molecular flexibility index (Phi) is 6.95. The smallest absolute Gasteiger partial charge is 0.251 e. The normalized spacial score (nSPS) is 10.8. The molecular weight excluding hydrogens is 397 g/mol. The molecule has 0 unspecified atom stereocenters. The fourth-order valence-electron chi connectivity index (χ4n) is 2.88. The monoisotopic (exact) mass is 417 g/mol. The molecule has 5 nitrogen and oxygen atoms in total. The predicted octanol–water partition coefficient (Wildman–Crippen LogP) is 4.85. The van der Waals surface area contributed by atoms with Crippen LogP contribution in [0.2, 0.25) is 10.0 Å². The van der Waals surface area contributed by atoms with Crippen LogP contribution in [0.25, 0.3) is 10.9 Å². The minimum atomic E-state index is -0.162. The van der Waals surface area contributed by atoms with Crippen LogP contribution in [-0.4, -0.2) is 24.0 Å². The van der Waals surface area contributed by atoms with Gasteiger partial charge in [-0.15, -0.1) is 0 Å². The fraction of sp³-hybridized carbons (Fsp3) is 0.238. The maximum atomic E-state index is 12.1. The summed E-state index contributed by atoms with van der Waals surface area (Å²) < 4.78 is 0. The first-order valence-electron chi connectivity index (χ1n) is 9.14. The van der Waals surface area contributed by atoms with Gasteiger partial charge in [-0.1, -0.05) is 35.3 Å². The lowest BCUT2D eigenvalue weighted by atomic mass is 10.2. The molecule has 0 saturated carbocycles. The molecule has 7 heteroatoms. The number of unbranched alkanes of at least 4 members (excludes halogenated alkanes) is 2. The zero-order valence-electron chi connectivity index (χ0n) is 15.2. The molecule has 1 heterocycles. The fourth-order valence-corrected chi connectivity index (χ4v) is 3.18. The second-order valence-corrected chi connectivity index (χ2v) is 7.28. The molecule has 1 aromatic heterocycles. The number of hydrogen-bond acceptors (Lipinski definition) is 3. The number of benzene rings is 2. The zero-order chi connectivity index (χ0) is 19.9. The Morgan fingerprint density at radius 2 is 1.71 bits per heavy atom. The molecule has 3 N–H and O–H groups in total. The van der Waals surface area contributed by atoms with Gasteiger partial charge in [0.1, 0.15) is 5.82 Å². The third-order valence-corrected chi connectivity index (χ3v) is 5.11. The average molecular weight is 418 g/mol. The van der Waals surface area contributed by atoms with Gasteiger partial charge < -0.3 is 15.6 Å². The summed E-state index contributed by atoms with van der Waals surface area (Å²) in [5.74, 6) is 0.557. The molecule has 2 aromatic carbocycles. The van der Waals surface area contributed by atoms with E-state index in [0.29, 0.717) is 27.5 Å². The lowest BCUT2D eigenvalue weighted by molar-refractivity contribution is 0.0953. The molecule has 0 spiro atoms. The van der Waals surface area contributed by atoms with Crippen molar-refractivity contribution < 1.29 is 4.79 Å². The van der Waals surface area contributed by atoms with Crippen molar-refractivity contribution in [3.05, 3.63) is 74.4 Å². The third kappa shape index (κ3) is 5.27. The number of carbonyl (C=O) groups is 1. The van der Waals surface area contributed by atoms with Gasteiger partial charge in [-0.05, 0) is 49.6 Å². The first-order chi connectivity index (χ1) is 13.5. The molecule has 0 radical (unpaired) electrons. The molecule has 3 aromatic rings. The van der Waals surface area contributed by atoms with Crippen molar-refractivity contribution >= 4 is 45.8 Å². The number of pyridine rings is 1. The van der Waals surface area contributed by atoms with E-state index in [0.717, 1.165) is 37.1 Å². The van der Waals surface area contributed by atoms with Gasteiger partial charge in [0.05, 0.1) is 15.6 Å². The molecule has 0 aliphatic heterocycles. The van der Waals surface area contributed by atoms with Crippen LogP contribution in [0.15, 0.2) is 53.3 Å². The Balaban J connectivity index is 1.37. The first-order valence-corrected chi connectivity index (χ1v) is 9.89. The summed E-state index contributed by atoms with van der Waals surface area (Å²) >= 11 is 11.8. The predicted molar refractivity (Wildman–Crippen MR) is 116 cm³/mol. The van der Waals surface area contributed by atoms with Crippen molar-refractivity contribution in [2.45, 2.75) is 19.3 Å². The highest BCUT2D eigenvalue weighted by Gasteiger charge is 2.07. The Morgan fingerprint density at radius 1 is 0.929 bits per heavy atom. The number of aromatic amines is 1. The maximum absolute atomic E-state index is 12.1. The Morgan fingerprint density at radius 3 is 2.54 bits per heavy atom. The van der Waals surface area contributed by atoms with Crippen molar-refractivity contribution in [1.82, 2.24) is 10.3 Å². The molecule has 1 amide bonds. The summed E-state index contributed by atoms with van der Waals surface area (Å²) in [6.07, 6.45) is 2.74. The Hall–Kier alpha value is -2.50. The van der Waals surface area contributed by atoms with Crippen molar-refractivity contribution in [1.29, 1.82) is 0 Å². The first kappa shape index (κ1) is 20.2. The van der Waals surface area contributed by atoms with Crippen LogP contribution in [0.5, 0.6) is 0 Å². The summed E-state index contributed by atoms with van der Waals surface area (Å²) in [5.41, 5.74) is 1.32. The van der Waals surface area contributed by atoms with E-state index in [4.69, 9.17) is 23.2 Å². The number of fused-ring (bicyclic) bond motifs is 1. The van der Waals surface area contributed by atoms with E-state index in [2.05, 4.69) is 15.6 Å². The standard InChI is InChI=1S/C21H21Cl2N3O2/c22-16-9-8-14(12-17(16)23)21(28)25-11-5-1-4-10-24-20-13-19(27)15-6-2-3-7-18(15)26-20/h2-3,6-9,12-13H,1,4-5,10-11H2,(H,25,28)(H2,24,26,27). The van der Waals surface area contributed by atoms with Gasteiger partial charge in [-0.25, -0.2) is 0 Å². The minimum absolute atomic E-state index is 0.00173. The van der Waals surface area contributed by atoms with E-state index < -0.39 is 0 Å². The van der Waals surface area contributed by atoms with Crippen molar-refractivity contribution in [2.75, 3.05) is 18.4 Å². The summed E-state index contributed by atoms with van der Waals surface area (Å²) in [6, 6.07) is 13.9. The lowest BCUT2D eigenvalue weighted by Gasteiger charge is -2.08. The van der Waals surface area contributed by atoms with Gasteiger partial charge in [0.15, 0.2) is 5.43 Å². The summed E-state index contributed by atoms with van der Waals surface area (Å²) in [5, 5.41) is 7.60. The van der Waals surface area contributed by atoms with Gasteiger partial charge in [0, 0.05) is 30.1 Å². The molecule has 0 atom stereocenters. The molecule has 0 fully saturated rings. The van der Waals surface area contributed by atoms with E-state index in [9.17, 15) is 9.59 Å². The van der Waals surface area contributed by atoms with E-state index in [-0.39, 0.29) is 11.3 Å². The summed E-state index contributed by atoms with van der Waals surface area (Å²) in [4.78, 5) is 27.4. The Bertz CT molecular complexity index is 1030. The third-order valence-electron chi connectivity index (χ3n) is 4.37. The molecule has 0 aliphatic rings. The van der Waals surface area contributed by atoms with Gasteiger partial charge in [-0.3, -0.25) is 9.59 Å². The van der Waals surface area contributed by atoms with E-state index in [1.165, 1.54) is 0 Å². The topological polar surface area (TPSA) is 74.0 Å². The Labute approximate surface area is 173 Å². The molecule has 28 heavy (non-hydrogen) atoms. The molecule has 0 saturated heterocycles. The van der Waals surface area contributed by atoms with Crippen LogP contribution in [0.3, 0.4) is 0 Å². The zero-order valence-corrected chi connectivity index (χ0v) is 16.7. The molecule has 0 bridgehead atoms. The number of rotatable bonds is 8. The highest BCUT2D eigenvalue weighted by atomic mass is 35.5. The van der Waals surface area contributed by atoms with Gasteiger partial charge in [0.25, 0.3) is 5.91 Å². The van der Waals surface area contributed by atoms with E-state index >= 15 is 0 Å². The van der Waals surface area contributed by atoms with Gasteiger partial charge in [-0.2, -0.15) is 0 Å². The largest absolute Gasteiger partial charge is 0.372 e. The number of nitrogens with one attached hydrogen (secondary N) is 3. The second-order valence-electron chi connectivity index (χ2n) is 6.47. The van der Waals surface area contributed by atoms with Crippen LogP contribution in [-0.2, 0) is 0 Å². The maximum Gasteiger partial charge on any atom is 0.251 e. The molecule has 3 rings (SSSR count).